The fourth-order valence-electron chi connectivity index (χ4n) is 4.41. The van der Waals surface area contributed by atoms with Crippen LogP contribution in [0.3, 0.4) is 0 Å². The van der Waals surface area contributed by atoms with Crippen LogP contribution in [-0.2, 0) is 5.41 Å². The molecule has 2 heteroatoms. The summed E-state index contributed by atoms with van der Waals surface area (Å²) >= 11 is 3.49. The van der Waals surface area contributed by atoms with Gasteiger partial charge in [-0.2, -0.15) is 0 Å². The Morgan fingerprint density at radius 3 is 2.33 bits per heavy atom. The third-order valence-electron chi connectivity index (χ3n) is 5.46. The number of hydrogen-bond acceptors (Lipinski definition) is 1. The molecule has 2 aliphatic rings. The van der Waals surface area contributed by atoms with Crippen LogP contribution in [-0.4, -0.2) is 5.78 Å². The molecule has 0 N–H and O–H groups in total. The van der Waals surface area contributed by atoms with E-state index in [1.165, 1.54) is 22.3 Å². The van der Waals surface area contributed by atoms with E-state index in [1.807, 2.05) is 18.2 Å². The van der Waals surface area contributed by atoms with Crippen molar-refractivity contribution in [3.05, 3.63) is 81.3 Å². The lowest BCUT2D eigenvalue weighted by Gasteiger charge is -2.24. The van der Waals surface area contributed by atoms with Crippen molar-refractivity contribution in [2.45, 2.75) is 19.3 Å². The highest BCUT2D eigenvalue weighted by Gasteiger charge is 2.41. The second-order valence-electron chi connectivity index (χ2n) is 7.10. The van der Waals surface area contributed by atoms with Crippen molar-refractivity contribution in [3.63, 3.8) is 0 Å². The number of carbonyl (C=O) groups excluding carboxylic acids is 1. The highest BCUT2D eigenvalue weighted by Crippen LogP contribution is 2.55. The van der Waals surface area contributed by atoms with Crippen molar-refractivity contribution in [2.24, 2.45) is 0 Å². The molecule has 116 valence electrons. The van der Waals surface area contributed by atoms with Crippen molar-refractivity contribution in [3.8, 4) is 22.3 Å². The van der Waals surface area contributed by atoms with E-state index in [0.717, 1.165) is 26.7 Å². The van der Waals surface area contributed by atoms with E-state index < -0.39 is 0 Å². The summed E-state index contributed by atoms with van der Waals surface area (Å²) in [5, 5.41) is 0. The van der Waals surface area contributed by atoms with Gasteiger partial charge in [-0.25, -0.2) is 0 Å². The van der Waals surface area contributed by atoms with E-state index in [2.05, 4.69) is 66.2 Å². The molecule has 1 nitrogen and oxygen atoms in total. The van der Waals surface area contributed by atoms with Crippen LogP contribution in [0.25, 0.3) is 22.3 Å². The summed E-state index contributed by atoms with van der Waals surface area (Å²) in [6, 6.07) is 18.8. The fraction of sp³-hybridized carbons (Fsp3) is 0.136. The molecule has 3 aromatic rings. The van der Waals surface area contributed by atoms with Crippen LogP contribution in [0, 0.1) is 0 Å². The first-order chi connectivity index (χ1) is 11.5. The monoisotopic (exact) mass is 374 g/mol. The van der Waals surface area contributed by atoms with Crippen LogP contribution in [0.2, 0.25) is 0 Å². The molecule has 0 bridgehead atoms. The third-order valence-corrected chi connectivity index (χ3v) is 5.95. The minimum Gasteiger partial charge on any atom is -0.289 e. The van der Waals surface area contributed by atoms with E-state index in [0.29, 0.717) is 0 Å². The predicted molar refractivity (Wildman–Crippen MR) is 101 cm³/mol. The molecule has 0 fully saturated rings. The summed E-state index contributed by atoms with van der Waals surface area (Å²) in [6.07, 6.45) is 0. The Morgan fingerprint density at radius 2 is 1.50 bits per heavy atom. The van der Waals surface area contributed by atoms with Gasteiger partial charge in [0.25, 0.3) is 0 Å². The fourth-order valence-corrected chi connectivity index (χ4v) is 4.77. The number of benzene rings is 3. The molecule has 0 amide bonds. The Kier molecular flexibility index (Phi) is 2.63. The lowest BCUT2D eigenvalue weighted by Crippen LogP contribution is -2.16. The topological polar surface area (TPSA) is 17.1 Å². The van der Waals surface area contributed by atoms with Crippen molar-refractivity contribution >= 4 is 21.7 Å². The first-order valence-corrected chi connectivity index (χ1v) is 8.91. The summed E-state index contributed by atoms with van der Waals surface area (Å²) in [5.41, 5.74) is 8.91. The van der Waals surface area contributed by atoms with Crippen molar-refractivity contribution in [1.29, 1.82) is 0 Å². The molecule has 0 saturated carbocycles. The molecule has 3 aromatic carbocycles. The first kappa shape index (κ1) is 14.2. The second kappa shape index (κ2) is 4.46. The van der Waals surface area contributed by atoms with E-state index in [1.54, 1.807) is 0 Å². The normalized spacial score (nSPS) is 15.7. The van der Waals surface area contributed by atoms with E-state index in [4.69, 9.17) is 0 Å². The second-order valence-corrected chi connectivity index (χ2v) is 8.02. The van der Waals surface area contributed by atoms with Gasteiger partial charge in [0.1, 0.15) is 0 Å². The van der Waals surface area contributed by atoms with Crippen LogP contribution in [0.5, 0.6) is 0 Å². The van der Waals surface area contributed by atoms with E-state index in [-0.39, 0.29) is 11.2 Å². The molecule has 0 unspecified atom stereocenters. The molecule has 0 aromatic heterocycles. The number of rotatable bonds is 0. The number of hydrogen-bond donors (Lipinski definition) is 0. The maximum Gasteiger partial charge on any atom is 0.194 e. The van der Waals surface area contributed by atoms with Crippen LogP contribution >= 0.6 is 15.9 Å². The molecule has 2 aliphatic carbocycles. The average molecular weight is 375 g/mol. The maximum atomic E-state index is 12.9. The van der Waals surface area contributed by atoms with Gasteiger partial charge in [0.15, 0.2) is 5.78 Å². The summed E-state index contributed by atoms with van der Waals surface area (Å²) in [7, 11) is 0. The number of fused-ring (bicyclic) bond motifs is 7. The molecule has 5 rings (SSSR count). The lowest BCUT2D eigenvalue weighted by atomic mass is 9.78. The highest BCUT2D eigenvalue weighted by molar-refractivity contribution is 9.10. The highest BCUT2D eigenvalue weighted by atomic mass is 79.9. The molecule has 0 aliphatic heterocycles. The largest absolute Gasteiger partial charge is 0.289 e. The van der Waals surface area contributed by atoms with Gasteiger partial charge in [-0.15, -0.1) is 0 Å². The van der Waals surface area contributed by atoms with Gasteiger partial charge in [0, 0.05) is 21.0 Å². The Labute approximate surface area is 149 Å². The number of halogens is 1. The quantitative estimate of drug-likeness (QED) is 0.370. The molecule has 0 radical (unpaired) electrons. The molecule has 0 spiro atoms. The molecular formula is C22H15BrO. The standard InChI is InChI=1S/C22H15BrO/c1-22(2)18-6-4-3-5-13(18)15-9-10-16-19(20(15)22)14-8-7-12(23)11-17(14)21(16)24/h3-11H,1-2H3. The Hall–Kier alpha value is -2.19. The van der Waals surface area contributed by atoms with Gasteiger partial charge in [0.05, 0.1) is 0 Å². The van der Waals surface area contributed by atoms with Gasteiger partial charge in [0.2, 0.25) is 0 Å². The smallest absolute Gasteiger partial charge is 0.194 e. The van der Waals surface area contributed by atoms with Crippen LogP contribution in [0.15, 0.2) is 59.1 Å². The lowest BCUT2D eigenvalue weighted by molar-refractivity contribution is 0.104. The van der Waals surface area contributed by atoms with Crippen LogP contribution in [0.4, 0.5) is 0 Å². The van der Waals surface area contributed by atoms with E-state index in [9.17, 15) is 4.79 Å². The van der Waals surface area contributed by atoms with Gasteiger partial charge in [-0.1, -0.05) is 66.2 Å². The Morgan fingerprint density at radius 1 is 0.792 bits per heavy atom. The molecule has 24 heavy (non-hydrogen) atoms. The van der Waals surface area contributed by atoms with Crippen molar-refractivity contribution in [1.82, 2.24) is 0 Å². The van der Waals surface area contributed by atoms with Crippen molar-refractivity contribution < 1.29 is 4.79 Å². The average Bonchev–Trinajstić information content (AvgIpc) is 2.98. The molecule has 0 heterocycles. The van der Waals surface area contributed by atoms with Gasteiger partial charge in [-0.05, 0) is 51.6 Å². The summed E-state index contributed by atoms with van der Waals surface area (Å²) in [5.74, 6) is 0.135. The Balaban J connectivity index is 1.92. The third kappa shape index (κ3) is 1.57. The molecular weight excluding hydrogens is 360 g/mol. The minimum atomic E-state index is -0.105. The van der Waals surface area contributed by atoms with Gasteiger partial charge >= 0.3 is 0 Å². The number of ketones is 1. The number of carbonyl (C=O) groups is 1. The van der Waals surface area contributed by atoms with Crippen LogP contribution < -0.4 is 0 Å². The van der Waals surface area contributed by atoms with Gasteiger partial charge in [-0.3, -0.25) is 4.79 Å². The first-order valence-electron chi connectivity index (χ1n) is 8.12. The SMILES string of the molecule is CC1(C)c2ccccc2-c2ccc3c(c21)-c1ccc(Br)cc1C3=O. The van der Waals surface area contributed by atoms with Crippen LogP contribution in [0.1, 0.15) is 40.9 Å². The summed E-state index contributed by atoms with van der Waals surface area (Å²) in [4.78, 5) is 12.9. The van der Waals surface area contributed by atoms with E-state index >= 15 is 0 Å². The predicted octanol–water partition coefficient (Wildman–Crippen LogP) is 5.97. The minimum absolute atomic E-state index is 0.105. The zero-order chi connectivity index (χ0) is 16.6. The molecule has 0 atom stereocenters. The maximum absolute atomic E-state index is 12.9. The summed E-state index contributed by atoms with van der Waals surface area (Å²) in [6.45, 7) is 4.53. The Bertz CT molecular complexity index is 1060. The summed E-state index contributed by atoms with van der Waals surface area (Å²) < 4.78 is 0.946. The zero-order valence-electron chi connectivity index (χ0n) is 13.5. The molecule has 0 saturated heterocycles. The van der Waals surface area contributed by atoms with Crippen molar-refractivity contribution in [2.75, 3.05) is 0 Å². The van der Waals surface area contributed by atoms with Gasteiger partial charge < -0.3 is 0 Å². The zero-order valence-corrected chi connectivity index (χ0v) is 15.1.